The first-order valence-corrected chi connectivity index (χ1v) is 14.3. The normalized spacial score (nSPS) is 11.9. The molecular weight excluding hydrogens is 607 g/mol. The number of anilines is 1. The van der Waals surface area contributed by atoms with Crippen LogP contribution in [-0.2, 0) is 22.5 Å². The zero-order chi connectivity index (χ0) is 31.1. The summed E-state index contributed by atoms with van der Waals surface area (Å²) in [5.41, 5.74) is 3.96. The molecule has 0 aliphatic heterocycles. The number of methoxy groups -OCH3 is 1. The minimum atomic E-state index is -0.575. The second kappa shape index (κ2) is 14.0. The Balaban J connectivity index is 1.40. The van der Waals surface area contributed by atoms with Gasteiger partial charge >= 0.3 is 6.09 Å². The number of hydrogen-bond donors (Lipinski definition) is 4. The first-order valence-electron chi connectivity index (χ1n) is 13.6. The lowest BCUT2D eigenvalue weighted by atomic mass is 10.1. The van der Waals surface area contributed by atoms with E-state index < -0.39 is 12.1 Å². The molecule has 5 rings (SSSR count). The summed E-state index contributed by atoms with van der Waals surface area (Å²) in [6.07, 6.45) is 7.52. The molecule has 0 radical (unpaired) electrons. The number of carbonyl (C=O) groups excluding carboxylic acids is 2. The highest BCUT2D eigenvalue weighted by atomic mass is 35.5. The number of ether oxygens (including phenoxy) is 1. The Morgan fingerprint density at radius 1 is 1.16 bits per heavy atom. The van der Waals surface area contributed by atoms with Crippen LogP contribution in [0.4, 0.5) is 10.5 Å². The third-order valence-corrected chi connectivity index (χ3v) is 7.02. The maximum atomic E-state index is 13.3. The molecule has 1 atom stereocenters. The highest BCUT2D eigenvalue weighted by molar-refractivity contribution is 6.32. The number of amides is 2. The number of tetrazole rings is 1. The molecule has 44 heavy (non-hydrogen) atoms. The third-order valence-electron chi connectivity index (χ3n) is 6.51. The highest BCUT2D eigenvalue weighted by Gasteiger charge is 2.22. The average Bonchev–Trinajstić information content (AvgIpc) is 3.79. The van der Waals surface area contributed by atoms with Gasteiger partial charge in [-0.15, -0.1) is 10.2 Å². The number of nitrogens with zero attached hydrogens (tertiary/aromatic N) is 6. The van der Waals surface area contributed by atoms with Crippen LogP contribution in [0.5, 0.6) is 0 Å². The summed E-state index contributed by atoms with van der Waals surface area (Å²) in [6.45, 7) is 2.85. The SMILES string of the molecule is CCCn1cc(CC(NC(=O)/C=C/c2cc(Cl)ccc2-c2nn[nH]n2)c2nc(-c3ccc(NC(=O)OC)cc3)c(Cl)[nH]2)cn1. The van der Waals surface area contributed by atoms with Gasteiger partial charge in [0.25, 0.3) is 0 Å². The quantitative estimate of drug-likeness (QED) is 0.139. The fraction of sp³-hybridized carbons (Fsp3) is 0.207. The average molecular weight is 636 g/mol. The van der Waals surface area contributed by atoms with E-state index in [1.165, 1.54) is 13.2 Å². The summed E-state index contributed by atoms with van der Waals surface area (Å²) in [5, 5.41) is 24.9. The Hall–Kier alpha value is -5.01. The standard InChI is InChI=1S/C29H28Cl2N10O3/c1-3-12-41-16-17(15-32-41)13-23(28-35-25(26(31)36-28)18-4-8-21(9-5-18)33-29(43)44-2)34-24(42)11-6-19-14-20(30)7-10-22(19)27-37-39-40-38-27/h4-11,14-16,23H,3,12-13H2,1-2H3,(H,33,43)(H,34,42)(H,35,36)(H,37,38,39,40)/b11-6+. The van der Waals surface area contributed by atoms with Crippen LogP contribution in [-0.4, -0.2) is 59.5 Å². The Bertz CT molecular complexity index is 1760. The van der Waals surface area contributed by atoms with Crippen molar-refractivity contribution in [3.8, 4) is 22.6 Å². The van der Waals surface area contributed by atoms with Gasteiger partial charge in [0.2, 0.25) is 11.7 Å². The van der Waals surface area contributed by atoms with Gasteiger partial charge in [-0.05, 0) is 59.2 Å². The minimum absolute atomic E-state index is 0.300. The van der Waals surface area contributed by atoms with Gasteiger partial charge in [-0.2, -0.15) is 10.3 Å². The first-order chi connectivity index (χ1) is 21.3. The molecule has 4 N–H and O–H groups in total. The molecule has 0 aliphatic carbocycles. The molecule has 226 valence electrons. The summed E-state index contributed by atoms with van der Waals surface area (Å²) in [7, 11) is 1.29. The highest BCUT2D eigenvalue weighted by Crippen LogP contribution is 2.30. The lowest BCUT2D eigenvalue weighted by Gasteiger charge is -2.15. The molecule has 3 heterocycles. The van der Waals surface area contributed by atoms with Crippen molar-refractivity contribution in [2.24, 2.45) is 0 Å². The zero-order valence-corrected chi connectivity index (χ0v) is 25.2. The monoisotopic (exact) mass is 634 g/mol. The van der Waals surface area contributed by atoms with Crippen LogP contribution in [0.1, 0.15) is 36.3 Å². The first kappa shape index (κ1) is 30.4. The van der Waals surface area contributed by atoms with E-state index in [2.05, 4.69) is 53.0 Å². The second-order valence-corrected chi connectivity index (χ2v) is 10.5. The maximum absolute atomic E-state index is 13.3. The number of halogens is 2. The van der Waals surface area contributed by atoms with Gasteiger partial charge in [0.05, 0.1) is 19.3 Å². The van der Waals surface area contributed by atoms with Gasteiger partial charge in [0.1, 0.15) is 16.7 Å². The van der Waals surface area contributed by atoms with Crippen LogP contribution in [0.3, 0.4) is 0 Å². The smallest absolute Gasteiger partial charge is 0.411 e. The van der Waals surface area contributed by atoms with E-state index in [4.69, 9.17) is 28.2 Å². The molecular formula is C29H28Cl2N10O3. The second-order valence-electron chi connectivity index (χ2n) is 9.66. The van der Waals surface area contributed by atoms with E-state index in [-0.39, 0.29) is 5.91 Å². The lowest BCUT2D eigenvalue weighted by Crippen LogP contribution is -2.29. The molecule has 15 heteroatoms. The molecule has 0 spiro atoms. The summed E-state index contributed by atoms with van der Waals surface area (Å²) in [5.74, 6) is 0.458. The van der Waals surface area contributed by atoms with Crippen LogP contribution < -0.4 is 10.6 Å². The third kappa shape index (κ3) is 7.49. The fourth-order valence-corrected chi connectivity index (χ4v) is 4.89. The maximum Gasteiger partial charge on any atom is 0.411 e. The van der Waals surface area contributed by atoms with Crippen LogP contribution in [0.2, 0.25) is 10.2 Å². The van der Waals surface area contributed by atoms with Gasteiger partial charge in [-0.1, -0.05) is 42.3 Å². The van der Waals surface area contributed by atoms with Crippen molar-refractivity contribution < 1.29 is 14.3 Å². The molecule has 5 aromatic rings. The number of rotatable bonds is 11. The Kier molecular flexibility index (Phi) is 9.67. The van der Waals surface area contributed by atoms with Crippen LogP contribution in [0.25, 0.3) is 28.7 Å². The number of aromatic amines is 2. The van der Waals surface area contributed by atoms with Gasteiger partial charge in [0, 0.05) is 47.1 Å². The van der Waals surface area contributed by atoms with Crippen molar-refractivity contribution in [2.75, 3.05) is 12.4 Å². The summed E-state index contributed by atoms with van der Waals surface area (Å²) >= 11 is 12.8. The number of nitrogens with one attached hydrogen (secondary N) is 4. The van der Waals surface area contributed by atoms with Crippen molar-refractivity contribution >= 4 is 47.0 Å². The van der Waals surface area contributed by atoms with Crippen molar-refractivity contribution in [3.63, 3.8) is 0 Å². The summed E-state index contributed by atoms with van der Waals surface area (Å²) in [6, 6.07) is 11.6. The Morgan fingerprint density at radius 3 is 2.70 bits per heavy atom. The topological polar surface area (TPSA) is 168 Å². The van der Waals surface area contributed by atoms with Gasteiger partial charge in [0.15, 0.2) is 0 Å². The predicted molar refractivity (Wildman–Crippen MR) is 166 cm³/mol. The van der Waals surface area contributed by atoms with Crippen LogP contribution in [0, 0.1) is 0 Å². The zero-order valence-electron chi connectivity index (χ0n) is 23.7. The fourth-order valence-electron chi connectivity index (χ4n) is 4.46. The molecule has 0 fully saturated rings. The van der Waals surface area contributed by atoms with Crippen molar-refractivity contribution in [1.29, 1.82) is 0 Å². The van der Waals surface area contributed by atoms with Crippen molar-refractivity contribution in [3.05, 3.63) is 88.1 Å². The van der Waals surface area contributed by atoms with E-state index in [0.717, 1.165) is 18.5 Å². The number of hydrogen-bond acceptors (Lipinski definition) is 8. The molecule has 2 amide bonds. The van der Waals surface area contributed by atoms with Gasteiger partial charge in [-0.25, -0.2) is 9.78 Å². The lowest BCUT2D eigenvalue weighted by molar-refractivity contribution is -0.117. The predicted octanol–water partition coefficient (Wildman–Crippen LogP) is 5.46. The van der Waals surface area contributed by atoms with E-state index in [1.807, 2.05) is 10.9 Å². The van der Waals surface area contributed by atoms with E-state index >= 15 is 0 Å². The van der Waals surface area contributed by atoms with Crippen molar-refractivity contribution in [2.45, 2.75) is 32.4 Å². The molecule has 1 unspecified atom stereocenters. The summed E-state index contributed by atoms with van der Waals surface area (Å²) < 4.78 is 6.49. The largest absolute Gasteiger partial charge is 0.453 e. The van der Waals surface area contributed by atoms with Crippen molar-refractivity contribution in [1.82, 2.24) is 45.7 Å². The molecule has 3 aromatic heterocycles. The molecule has 0 aliphatic rings. The van der Waals surface area contributed by atoms with Gasteiger partial charge in [-0.3, -0.25) is 14.8 Å². The number of aryl methyl sites for hydroxylation is 1. The van der Waals surface area contributed by atoms with Gasteiger partial charge < -0.3 is 15.0 Å². The molecule has 0 saturated carbocycles. The molecule has 0 bridgehead atoms. The summed E-state index contributed by atoms with van der Waals surface area (Å²) in [4.78, 5) is 32.7. The number of H-pyrrole nitrogens is 2. The number of carbonyl (C=O) groups is 2. The van der Waals surface area contributed by atoms with E-state index in [1.54, 1.807) is 54.7 Å². The minimum Gasteiger partial charge on any atom is -0.453 e. The number of imidazole rings is 1. The van der Waals surface area contributed by atoms with E-state index in [9.17, 15) is 9.59 Å². The molecule has 0 saturated heterocycles. The Labute approximate surface area is 262 Å². The van der Waals surface area contributed by atoms with E-state index in [0.29, 0.717) is 56.3 Å². The number of benzene rings is 2. The number of aromatic nitrogens is 8. The van der Waals surface area contributed by atoms with Crippen LogP contribution >= 0.6 is 23.2 Å². The van der Waals surface area contributed by atoms with Crippen LogP contribution in [0.15, 0.2) is 60.9 Å². The Morgan fingerprint density at radius 2 is 1.98 bits per heavy atom. The molecule has 13 nitrogen and oxygen atoms in total. The molecule has 2 aromatic carbocycles.